The number of thiazole rings is 1. The van der Waals surface area contributed by atoms with Crippen molar-refractivity contribution in [3.8, 4) is 5.75 Å². The number of amides is 1. The van der Waals surface area contributed by atoms with Crippen LogP contribution in [0.1, 0.15) is 12.8 Å². The molecule has 0 bridgehead atoms. The minimum atomic E-state index is -3.99. The van der Waals surface area contributed by atoms with Crippen LogP contribution in [0.4, 0.5) is 10.8 Å². The summed E-state index contributed by atoms with van der Waals surface area (Å²) in [5.41, 5.74) is -0.432. The van der Waals surface area contributed by atoms with Gasteiger partial charge in [-0.3, -0.25) is 14.9 Å². The third kappa shape index (κ3) is 4.13. The van der Waals surface area contributed by atoms with Crippen LogP contribution in [0.3, 0.4) is 0 Å². The van der Waals surface area contributed by atoms with Gasteiger partial charge >= 0.3 is 5.69 Å². The first-order valence-corrected chi connectivity index (χ1v) is 10.7. The summed E-state index contributed by atoms with van der Waals surface area (Å²) in [6.07, 6.45) is 2.62. The first-order valence-electron chi connectivity index (χ1n) is 8.36. The van der Waals surface area contributed by atoms with Crippen LogP contribution in [0.2, 0.25) is 0 Å². The van der Waals surface area contributed by atoms with Crippen molar-refractivity contribution in [1.29, 1.82) is 0 Å². The molecule has 0 radical (unpaired) electrons. The average Bonchev–Trinajstić information content (AvgIpc) is 3.20. The Bertz CT molecular complexity index is 977. The van der Waals surface area contributed by atoms with Crippen LogP contribution < -0.4 is 10.1 Å². The Hall–Kier alpha value is -2.57. The smallest absolute Gasteiger partial charge is 0.312 e. The van der Waals surface area contributed by atoms with Gasteiger partial charge in [0.15, 0.2) is 10.9 Å². The predicted molar refractivity (Wildman–Crippen MR) is 102 cm³/mol. The third-order valence-electron chi connectivity index (χ3n) is 4.40. The van der Waals surface area contributed by atoms with Crippen molar-refractivity contribution in [2.45, 2.75) is 17.7 Å². The van der Waals surface area contributed by atoms with Gasteiger partial charge in [-0.05, 0) is 25.0 Å². The van der Waals surface area contributed by atoms with Gasteiger partial charge < -0.3 is 10.1 Å². The molecule has 150 valence electrons. The number of ether oxygens (including phenoxy) is 1. The zero-order valence-corrected chi connectivity index (χ0v) is 16.5. The summed E-state index contributed by atoms with van der Waals surface area (Å²) in [5.74, 6) is -0.848. The summed E-state index contributed by atoms with van der Waals surface area (Å²) < 4.78 is 32.0. The summed E-state index contributed by atoms with van der Waals surface area (Å²) in [6.45, 7) is 0.239. The number of nitrogens with one attached hydrogen (secondary N) is 1. The number of nitro groups is 1. The minimum Gasteiger partial charge on any atom is -0.490 e. The van der Waals surface area contributed by atoms with E-state index in [1.807, 2.05) is 0 Å². The summed E-state index contributed by atoms with van der Waals surface area (Å²) >= 11 is 1.28. The first kappa shape index (κ1) is 20.2. The van der Waals surface area contributed by atoms with Crippen LogP contribution in [0.25, 0.3) is 0 Å². The molecule has 10 nitrogen and oxygen atoms in total. The number of hydrogen-bond donors (Lipinski definition) is 1. The molecule has 1 aromatic heterocycles. The molecule has 28 heavy (non-hydrogen) atoms. The summed E-state index contributed by atoms with van der Waals surface area (Å²) in [7, 11) is -2.72. The maximum Gasteiger partial charge on any atom is 0.312 e. The number of carbonyl (C=O) groups is 1. The van der Waals surface area contributed by atoms with E-state index in [9.17, 15) is 23.3 Å². The van der Waals surface area contributed by atoms with E-state index in [-0.39, 0.29) is 29.6 Å². The largest absolute Gasteiger partial charge is 0.490 e. The van der Waals surface area contributed by atoms with E-state index in [1.165, 1.54) is 34.9 Å². The molecule has 12 heteroatoms. The Balaban J connectivity index is 1.80. The zero-order valence-electron chi connectivity index (χ0n) is 14.9. The lowest BCUT2D eigenvalue weighted by Gasteiger charge is -2.31. The second-order valence-corrected chi connectivity index (χ2v) is 8.95. The van der Waals surface area contributed by atoms with Gasteiger partial charge in [0, 0.05) is 30.7 Å². The van der Waals surface area contributed by atoms with E-state index >= 15 is 0 Å². The average molecular weight is 426 g/mol. The fourth-order valence-electron chi connectivity index (χ4n) is 2.99. The molecule has 1 N–H and O–H groups in total. The number of methoxy groups -OCH3 is 1. The van der Waals surface area contributed by atoms with E-state index in [4.69, 9.17) is 4.74 Å². The highest BCUT2D eigenvalue weighted by molar-refractivity contribution is 7.89. The van der Waals surface area contributed by atoms with Gasteiger partial charge in [-0.15, -0.1) is 11.3 Å². The molecular formula is C16H18N4O6S2. The Labute approximate surface area is 165 Å². The molecule has 1 atom stereocenters. The number of aromatic nitrogens is 1. The molecule has 1 aliphatic heterocycles. The molecule has 0 aliphatic carbocycles. The molecular weight excluding hydrogens is 408 g/mol. The van der Waals surface area contributed by atoms with Gasteiger partial charge in [0.1, 0.15) is 0 Å². The van der Waals surface area contributed by atoms with Gasteiger partial charge in [-0.1, -0.05) is 0 Å². The van der Waals surface area contributed by atoms with Crippen LogP contribution in [-0.4, -0.2) is 48.7 Å². The van der Waals surface area contributed by atoms with Gasteiger partial charge in [0.25, 0.3) is 0 Å². The molecule has 0 saturated carbocycles. The van der Waals surface area contributed by atoms with Crippen molar-refractivity contribution < 1.29 is 22.9 Å². The van der Waals surface area contributed by atoms with Crippen molar-refractivity contribution in [3.05, 3.63) is 39.9 Å². The van der Waals surface area contributed by atoms with E-state index in [1.54, 1.807) is 11.6 Å². The lowest BCUT2D eigenvalue weighted by molar-refractivity contribution is -0.386. The van der Waals surface area contributed by atoms with E-state index < -0.39 is 26.6 Å². The number of benzene rings is 1. The van der Waals surface area contributed by atoms with Crippen molar-refractivity contribution in [3.63, 3.8) is 0 Å². The molecule has 1 fully saturated rings. The number of carbonyl (C=O) groups excluding carboxylic acids is 1. The van der Waals surface area contributed by atoms with Gasteiger partial charge in [0.2, 0.25) is 15.9 Å². The molecule has 2 aromatic rings. The van der Waals surface area contributed by atoms with Crippen LogP contribution in [-0.2, 0) is 14.8 Å². The van der Waals surface area contributed by atoms with Gasteiger partial charge in [-0.2, -0.15) is 4.31 Å². The molecule has 0 unspecified atom stereocenters. The maximum atomic E-state index is 13.0. The molecule has 2 heterocycles. The number of nitrogens with zero attached hydrogens (tertiary/aromatic N) is 3. The first-order chi connectivity index (χ1) is 13.3. The fraction of sp³-hybridized carbons (Fsp3) is 0.375. The Morgan fingerprint density at radius 3 is 2.89 bits per heavy atom. The van der Waals surface area contributed by atoms with Crippen molar-refractivity contribution in [2.24, 2.45) is 5.92 Å². The Kier molecular flexibility index (Phi) is 5.91. The normalized spacial score (nSPS) is 17.8. The lowest BCUT2D eigenvalue weighted by Crippen LogP contribution is -2.43. The Morgan fingerprint density at radius 2 is 2.25 bits per heavy atom. The van der Waals surface area contributed by atoms with Crippen LogP contribution >= 0.6 is 11.3 Å². The number of piperidine rings is 1. The number of rotatable bonds is 6. The highest BCUT2D eigenvalue weighted by atomic mass is 32.2. The quantitative estimate of drug-likeness (QED) is 0.552. The number of sulfonamides is 1. The Morgan fingerprint density at radius 1 is 1.46 bits per heavy atom. The highest BCUT2D eigenvalue weighted by Gasteiger charge is 2.34. The molecule has 1 saturated heterocycles. The summed E-state index contributed by atoms with van der Waals surface area (Å²) in [5, 5.41) is 16.1. The zero-order chi connectivity index (χ0) is 20.3. The minimum absolute atomic E-state index is 0.000626. The highest BCUT2D eigenvalue weighted by Crippen LogP contribution is 2.32. The predicted octanol–water partition coefficient (Wildman–Crippen LogP) is 2.10. The van der Waals surface area contributed by atoms with E-state index in [0.717, 1.165) is 6.07 Å². The second-order valence-electron chi connectivity index (χ2n) is 6.12. The van der Waals surface area contributed by atoms with Gasteiger partial charge in [-0.25, -0.2) is 13.4 Å². The molecule has 1 amide bonds. The standard InChI is InChI=1S/C16H18N4O6S2/c1-26-14-5-4-12(9-13(14)20(22)23)28(24,25)19-7-2-3-11(10-19)15(21)18-16-17-6-8-27-16/h4-6,8-9,11H,2-3,7,10H2,1H3,(H,17,18,21)/t11-/m1/s1. The monoisotopic (exact) mass is 426 g/mol. The van der Waals surface area contributed by atoms with Crippen LogP contribution in [0, 0.1) is 16.0 Å². The number of anilines is 1. The maximum absolute atomic E-state index is 13.0. The van der Waals surface area contributed by atoms with E-state index in [2.05, 4.69) is 10.3 Å². The van der Waals surface area contributed by atoms with Crippen LogP contribution in [0.5, 0.6) is 5.75 Å². The second kappa shape index (κ2) is 8.20. The number of nitro benzene ring substituents is 1. The van der Waals surface area contributed by atoms with E-state index in [0.29, 0.717) is 18.0 Å². The molecule has 1 aromatic carbocycles. The molecule has 1 aliphatic rings. The number of hydrogen-bond acceptors (Lipinski definition) is 8. The third-order valence-corrected chi connectivity index (χ3v) is 6.95. The van der Waals surface area contributed by atoms with Crippen molar-refractivity contribution >= 4 is 38.1 Å². The van der Waals surface area contributed by atoms with Gasteiger partial charge in [0.05, 0.1) is 22.8 Å². The summed E-state index contributed by atoms with van der Waals surface area (Å²) in [4.78, 5) is 26.7. The molecule has 3 rings (SSSR count). The fourth-order valence-corrected chi connectivity index (χ4v) is 5.07. The van der Waals surface area contributed by atoms with Crippen LogP contribution in [0.15, 0.2) is 34.7 Å². The topological polar surface area (TPSA) is 132 Å². The summed E-state index contributed by atoms with van der Waals surface area (Å²) in [6, 6.07) is 3.50. The van der Waals surface area contributed by atoms with Crippen molar-refractivity contribution in [2.75, 3.05) is 25.5 Å². The van der Waals surface area contributed by atoms with Crippen molar-refractivity contribution in [1.82, 2.24) is 9.29 Å². The lowest BCUT2D eigenvalue weighted by atomic mass is 9.99. The molecule has 0 spiro atoms. The SMILES string of the molecule is COc1ccc(S(=O)(=O)N2CCC[C@@H](C(=O)Nc3nccs3)C2)cc1[N+](=O)[O-].